The Labute approximate surface area is 184 Å². The molecular formula is C22H23FN6O3. The number of nitrogens with zero attached hydrogens (tertiary/aromatic N) is 4. The number of esters is 1. The first-order valence-corrected chi connectivity index (χ1v) is 9.71. The summed E-state index contributed by atoms with van der Waals surface area (Å²) in [5.74, 6) is -0.804. The summed E-state index contributed by atoms with van der Waals surface area (Å²) in [4.78, 5) is 16.3. The average molecular weight is 438 g/mol. The minimum absolute atomic E-state index is 0.106. The number of nitrogens with two attached hydrogens (primary N) is 1. The van der Waals surface area contributed by atoms with E-state index in [0.717, 1.165) is 0 Å². The first kappa shape index (κ1) is 22.7. The fourth-order valence-corrected chi connectivity index (χ4v) is 3.41. The monoisotopic (exact) mass is 438 g/mol. The summed E-state index contributed by atoms with van der Waals surface area (Å²) < 4.78 is 26.1. The van der Waals surface area contributed by atoms with Crippen LogP contribution >= 0.6 is 0 Å². The van der Waals surface area contributed by atoms with E-state index in [1.165, 1.54) is 36.2 Å². The molecule has 10 heteroatoms. The van der Waals surface area contributed by atoms with Gasteiger partial charge in [0.05, 0.1) is 18.4 Å². The Hall–Kier alpha value is -3.97. The number of hydrogen-bond donors (Lipinski definition) is 2. The van der Waals surface area contributed by atoms with E-state index in [0.29, 0.717) is 34.6 Å². The molecule has 32 heavy (non-hydrogen) atoms. The van der Waals surface area contributed by atoms with Crippen LogP contribution in [0.1, 0.15) is 40.3 Å². The molecule has 166 valence electrons. The number of nitrogen functional groups attached to an aromatic ring is 1. The molecule has 0 aliphatic rings. The maximum Gasteiger partial charge on any atom is 0.338 e. The van der Waals surface area contributed by atoms with Gasteiger partial charge in [0.25, 0.3) is 0 Å². The van der Waals surface area contributed by atoms with Crippen LogP contribution in [0, 0.1) is 17.1 Å². The Balaban J connectivity index is 2.03. The molecule has 1 aromatic carbocycles. The molecular weight excluding hydrogens is 415 g/mol. The Bertz CT molecular complexity index is 1200. The zero-order valence-electron chi connectivity index (χ0n) is 18.1. The Morgan fingerprint density at radius 3 is 2.81 bits per heavy atom. The number of aryl methyl sites for hydroxylation is 1. The molecule has 2 aromatic heterocycles. The van der Waals surface area contributed by atoms with E-state index in [1.807, 2.05) is 0 Å². The third kappa shape index (κ3) is 4.38. The molecule has 2 heterocycles. The zero-order valence-corrected chi connectivity index (χ0v) is 18.1. The lowest BCUT2D eigenvalue weighted by Crippen LogP contribution is -2.13. The van der Waals surface area contributed by atoms with Gasteiger partial charge in [-0.2, -0.15) is 10.4 Å². The van der Waals surface area contributed by atoms with Crippen LogP contribution in [-0.2, 0) is 18.3 Å². The van der Waals surface area contributed by atoms with Crippen molar-refractivity contribution >= 4 is 11.8 Å². The second-order valence-electron chi connectivity index (χ2n) is 7.03. The minimum Gasteiger partial charge on any atom is -0.482 e. The maximum atomic E-state index is 13.9. The van der Waals surface area contributed by atoms with Crippen molar-refractivity contribution in [3.05, 3.63) is 58.8 Å². The number of methoxy groups -OCH3 is 1. The summed E-state index contributed by atoms with van der Waals surface area (Å²) in [5, 5.41) is 17.0. The van der Waals surface area contributed by atoms with Gasteiger partial charge in [0.15, 0.2) is 11.6 Å². The summed E-state index contributed by atoms with van der Waals surface area (Å²) in [6.45, 7) is 2.10. The van der Waals surface area contributed by atoms with Crippen molar-refractivity contribution in [2.24, 2.45) is 7.05 Å². The first-order valence-electron chi connectivity index (χ1n) is 9.71. The number of carbonyl (C=O) groups is 1. The molecule has 9 nitrogen and oxygen atoms in total. The quantitative estimate of drug-likeness (QED) is 0.539. The second-order valence-corrected chi connectivity index (χ2v) is 7.03. The van der Waals surface area contributed by atoms with E-state index in [2.05, 4.69) is 21.5 Å². The molecule has 3 N–H and O–H groups in total. The molecule has 0 radical (unpaired) electrons. The van der Waals surface area contributed by atoms with Crippen molar-refractivity contribution in [3.63, 3.8) is 0 Å². The summed E-state index contributed by atoms with van der Waals surface area (Å²) in [6, 6.07) is 7.53. The van der Waals surface area contributed by atoms with Crippen LogP contribution in [0.25, 0.3) is 11.1 Å². The van der Waals surface area contributed by atoms with Crippen molar-refractivity contribution in [1.82, 2.24) is 20.1 Å². The Kier molecular flexibility index (Phi) is 6.70. The number of anilines is 1. The third-order valence-electron chi connectivity index (χ3n) is 4.90. The third-order valence-corrected chi connectivity index (χ3v) is 4.90. The van der Waals surface area contributed by atoms with Gasteiger partial charge in [-0.1, -0.05) is 0 Å². The van der Waals surface area contributed by atoms with Crippen molar-refractivity contribution in [2.75, 3.05) is 19.9 Å². The van der Waals surface area contributed by atoms with Crippen LogP contribution in [0.4, 0.5) is 10.2 Å². The lowest BCUT2D eigenvalue weighted by atomic mass is 10.0. The largest absolute Gasteiger partial charge is 0.482 e. The van der Waals surface area contributed by atoms with Gasteiger partial charge in [0.1, 0.15) is 23.7 Å². The molecule has 0 spiro atoms. The fraction of sp³-hybridized carbons (Fsp3) is 0.273. The van der Waals surface area contributed by atoms with Crippen LogP contribution in [0.5, 0.6) is 5.75 Å². The van der Waals surface area contributed by atoms with Gasteiger partial charge >= 0.3 is 5.97 Å². The van der Waals surface area contributed by atoms with Crippen LogP contribution in [-0.4, -0.2) is 34.9 Å². The van der Waals surface area contributed by atoms with E-state index >= 15 is 0 Å². The maximum absolute atomic E-state index is 13.9. The van der Waals surface area contributed by atoms with Gasteiger partial charge in [0.2, 0.25) is 0 Å². The number of carbonyl (C=O) groups excluding carboxylic acids is 1. The van der Waals surface area contributed by atoms with Gasteiger partial charge in [-0.15, -0.1) is 0 Å². The molecule has 0 aliphatic carbocycles. The van der Waals surface area contributed by atoms with E-state index < -0.39 is 17.9 Å². The van der Waals surface area contributed by atoms with Crippen LogP contribution in [0.3, 0.4) is 0 Å². The van der Waals surface area contributed by atoms with Gasteiger partial charge < -0.3 is 20.5 Å². The molecule has 1 atom stereocenters. The molecule has 0 fully saturated rings. The van der Waals surface area contributed by atoms with Crippen molar-refractivity contribution in [3.8, 4) is 22.9 Å². The highest BCUT2D eigenvalue weighted by molar-refractivity contribution is 5.91. The predicted molar refractivity (Wildman–Crippen MR) is 115 cm³/mol. The Morgan fingerprint density at radius 1 is 1.41 bits per heavy atom. The number of ether oxygens (including phenoxy) is 2. The van der Waals surface area contributed by atoms with E-state index in [-0.39, 0.29) is 17.1 Å². The number of pyridine rings is 1. The summed E-state index contributed by atoms with van der Waals surface area (Å²) in [5.41, 5.74) is 8.72. The number of rotatable bonds is 7. The van der Waals surface area contributed by atoms with Crippen molar-refractivity contribution in [1.29, 1.82) is 5.26 Å². The standard InChI is InChI=1S/C22H23FN6O3/c1-12(16-8-14(23)5-6-15(16)22(30)31-4)32-19-7-13(10-27-21(19)25)20-17(11-26-2)28-29(3)18(20)9-24/h5-8,10,12,26H,11H2,1-4H3,(H2,25,27). The molecule has 0 aliphatic heterocycles. The number of nitrogens with one attached hydrogen (secondary N) is 1. The SMILES string of the molecule is CNCc1nn(C)c(C#N)c1-c1cnc(N)c(OC(C)c2cc(F)ccc2C(=O)OC)c1. The van der Waals surface area contributed by atoms with Crippen LogP contribution in [0.15, 0.2) is 30.5 Å². The zero-order chi connectivity index (χ0) is 23.4. The Morgan fingerprint density at radius 2 is 2.16 bits per heavy atom. The van der Waals surface area contributed by atoms with Crippen LogP contribution < -0.4 is 15.8 Å². The summed E-state index contributed by atoms with van der Waals surface area (Å²) in [7, 11) is 4.71. The average Bonchev–Trinajstić information content (AvgIpc) is 3.09. The topological polar surface area (TPSA) is 128 Å². The van der Waals surface area contributed by atoms with Gasteiger partial charge in [-0.05, 0) is 38.2 Å². The van der Waals surface area contributed by atoms with E-state index in [9.17, 15) is 14.4 Å². The van der Waals surface area contributed by atoms with E-state index in [1.54, 1.807) is 27.1 Å². The highest BCUT2D eigenvalue weighted by Crippen LogP contribution is 2.34. The van der Waals surface area contributed by atoms with Crippen molar-refractivity contribution < 1.29 is 18.7 Å². The predicted octanol–water partition coefficient (Wildman–Crippen LogP) is 2.72. The number of halogens is 1. The molecule has 0 bridgehead atoms. The number of benzene rings is 1. The van der Waals surface area contributed by atoms with Gasteiger partial charge in [-0.25, -0.2) is 14.2 Å². The van der Waals surface area contributed by atoms with Crippen molar-refractivity contribution in [2.45, 2.75) is 19.6 Å². The van der Waals surface area contributed by atoms with Gasteiger partial charge in [0, 0.05) is 36.5 Å². The number of aromatic nitrogens is 3. The molecule has 0 saturated heterocycles. The highest BCUT2D eigenvalue weighted by atomic mass is 19.1. The second kappa shape index (κ2) is 9.45. The smallest absolute Gasteiger partial charge is 0.338 e. The first-order chi connectivity index (χ1) is 15.3. The number of hydrogen-bond acceptors (Lipinski definition) is 8. The summed E-state index contributed by atoms with van der Waals surface area (Å²) in [6.07, 6.45) is 0.784. The molecule has 3 rings (SSSR count). The van der Waals surface area contributed by atoms with Crippen LogP contribution in [0.2, 0.25) is 0 Å². The van der Waals surface area contributed by atoms with Gasteiger partial charge in [-0.3, -0.25) is 4.68 Å². The lowest BCUT2D eigenvalue weighted by molar-refractivity contribution is 0.0595. The molecule has 0 amide bonds. The number of nitriles is 1. The lowest BCUT2D eigenvalue weighted by Gasteiger charge is -2.19. The highest BCUT2D eigenvalue weighted by Gasteiger charge is 2.22. The molecule has 0 saturated carbocycles. The normalized spacial score (nSPS) is 11.6. The molecule has 3 aromatic rings. The molecule has 1 unspecified atom stereocenters. The summed E-state index contributed by atoms with van der Waals surface area (Å²) >= 11 is 0. The van der Waals surface area contributed by atoms with E-state index in [4.69, 9.17) is 15.2 Å². The fourth-order valence-electron chi connectivity index (χ4n) is 3.41. The minimum atomic E-state index is -0.750.